The summed E-state index contributed by atoms with van der Waals surface area (Å²) in [4.78, 5) is 14.4. The molecule has 0 aromatic carbocycles. The number of aromatic nitrogens is 2. The maximum absolute atomic E-state index is 12.1. The molecule has 28 heavy (non-hydrogen) atoms. The molecule has 7 heteroatoms. The first-order chi connectivity index (χ1) is 13.2. The average molecular weight is 420 g/mol. The van der Waals surface area contributed by atoms with Crippen molar-refractivity contribution in [3.8, 4) is 0 Å². The van der Waals surface area contributed by atoms with E-state index in [9.17, 15) is 8.42 Å². The number of aryl methyl sites for hydroxylation is 1. The maximum Gasteiger partial charge on any atom is 0.156 e. The van der Waals surface area contributed by atoms with Gasteiger partial charge in [-0.15, -0.1) is 11.3 Å². The predicted octanol–water partition coefficient (Wildman–Crippen LogP) is 4.05. The first kappa shape index (κ1) is 18.9. The van der Waals surface area contributed by atoms with Crippen molar-refractivity contribution in [2.45, 2.75) is 76.6 Å². The van der Waals surface area contributed by atoms with Crippen LogP contribution in [0.2, 0.25) is 0 Å². The van der Waals surface area contributed by atoms with E-state index in [0.29, 0.717) is 23.6 Å². The molecule has 5 rings (SSSR count). The molecule has 0 N–H and O–H groups in total. The van der Waals surface area contributed by atoms with Gasteiger partial charge in [0.05, 0.1) is 16.7 Å². The summed E-state index contributed by atoms with van der Waals surface area (Å²) >= 11 is 1.84. The first-order valence-electron chi connectivity index (χ1n) is 10.4. The van der Waals surface area contributed by atoms with Crippen molar-refractivity contribution in [2.75, 3.05) is 12.3 Å². The number of thiophene rings is 1. The summed E-state index contributed by atoms with van der Waals surface area (Å²) in [6.07, 6.45) is 5.89. The van der Waals surface area contributed by atoms with Gasteiger partial charge in [-0.2, -0.15) is 0 Å². The lowest BCUT2D eigenvalue weighted by molar-refractivity contribution is 0.226. The topological polar surface area (TPSA) is 63.2 Å². The number of hydrogen-bond acceptors (Lipinski definition) is 6. The summed E-state index contributed by atoms with van der Waals surface area (Å²) in [5.41, 5.74) is 1.55. The molecule has 0 spiro atoms. The van der Waals surface area contributed by atoms with Gasteiger partial charge in [-0.3, -0.25) is 4.90 Å². The van der Waals surface area contributed by atoms with E-state index < -0.39 is 9.84 Å². The van der Waals surface area contributed by atoms with Gasteiger partial charge in [-0.25, -0.2) is 18.4 Å². The van der Waals surface area contributed by atoms with Crippen molar-refractivity contribution in [2.24, 2.45) is 5.41 Å². The fourth-order valence-corrected chi connectivity index (χ4v) is 8.64. The Hall–Kier alpha value is -1.05. The Morgan fingerprint density at radius 2 is 2.00 bits per heavy atom. The fourth-order valence-electron chi connectivity index (χ4n) is 5.28. The zero-order valence-electron chi connectivity index (χ0n) is 16.9. The number of rotatable bonds is 3. The molecular formula is C21H29N3O2S2. The van der Waals surface area contributed by atoms with E-state index in [0.717, 1.165) is 29.3 Å². The third kappa shape index (κ3) is 3.29. The van der Waals surface area contributed by atoms with Crippen LogP contribution in [0.5, 0.6) is 0 Å². The Morgan fingerprint density at radius 3 is 2.64 bits per heavy atom. The minimum Gasteiger partial charge on any atom is -0.292 e. The minimum absolute atomic E-state index is 0.166. The molecule has 0 amide bonds. The zero-order chi connectivity index (χ0) is 19.7. The third-order valence-corrected chi connectivity index (χ3v) is 10.5. The molecule has 1 saturated carbocycles. The molecule has 2 unspecified atom stereocenters. The molecule has 0 radical (unpaired) electrons. The molecule has 3 aliphatic rings. The van der Waals surface area contributed by atoms with Crippen molar-refractivity contribution < 1.29 is 8.42 Å². The number of nitrogens with zero attached hydrogens (tertiary/aromatic N) is 3. The van der Waals surface area contributed by atoms with Crippen molar-refractivity contribution in [3.63, 3.8) is 0 Å². The van der Waals surface area contributed by atoms with Crippen LogP contribution in [0.3, 0.4) is 0 Å². The summed E-state index contributed by atoms with van der Waals surface area (Å²) in [5, 5.41) is 1.01. The van der Waals surface area contributed by atoms with Crippen LogP contribution in [-0.4, -0.2) is 46.9 Å². The molecule has 2 bridgehead atoms. The number of hydrogen-bond donors (Lipinski definition) is 0. The molecule has 1 aliphatic carbocycles. The van der Waals surface area contributed by atoms with Crippen LogP contribution in [0.15, 0.2) is 6.07 Å². The Bertz CT molecular complexity index is 1020. The van der Waals surface area contributed by atoms with E-state index in [-0.39, 0.29) is 11.3 Å². The van der Waals surface area contributed by atoms with Gasteiger partial charge < -0.3 is 0 Å². The average Bonchev–Trinajstić information content (AvgIpc) is 3.26. The summed E-state index contributed by atoms with van der Waals surface area (Å²) in [6.45, 7) is 8.12. The van der Waals surface area contributed by atoms with Crippen molar-refractivity contribution >= 4 is 31.4 Å². The van der Waals surface area contributed by atoms with Crippen molar-refractivity contribution in [3.05, 3.63) is 22.5 Å². The maximum atomic E-state index is 12.1. The number of fused-ring (bicyclic) bond motifs is 3. The van der Waals surface area contributed by atoms with E-state index in [1.807, 2.05) is 18.3 Å². The molecule has 152 valence electrons. The molecular weight excluding hydrogens is 390 g/mol. The van der Waals surface area contributed by atoms with E-state index in [1.54, 1.807) is 0 Å². The highest BCUT2D eigenvalue weighted by Crippen LogP contribution is 2.45. The fraction of sp³-hybridized carbons (Fsp3) is 0.714. The van der Waals surface area contributed by atoms with E-state index in [1.165, 1.54) is 35.9 Å². The molecule has 2 aromatic rings. The van der Waals surface area contributed by atoms with Crippen LogP contribution in [0.4, 0.5) is 0 Å². The third-order valence-electron chi connectivity index (χ3n) is 7.12. The van der Waals surface area contributed by atoms with Gasteiger partial charge in [0.25, 0.3) is 0 Å². The van der Waals surface area contributed by atoms with Crippen LogP contribution >= 0.6 is 11.3 Å². The van der Waals surface area contributed by atoms with Gasteiger partial charge in [0.2, 0.25) is 0 Å². The zero-order valence-corrected chi connectivity index (χ0v) is 18.6. The standard InChI is InChI=1S/C21H29N3O2S2/c1-13-22-18(11-24-10-16-8-15(24)12-28(16,25)26)17-9-19(27-20(17)23-13)14-4-6-21(2,3)7-5-14/h9,14-16H,4-8,10-12H2,1-3H3. The molecule has 4 heterocycles. The summed E-state index contributed by atoms with van der Waals surface area (Å²) < 4.78 is 24.1. The predicted molar refractivity (Wildman–Crippen MR) is 114 cm³/mol. The van der Waals surface area contributed by atoms with Crippen LogP contribution in [0.25, 0.3) is 10.2 Å². The first-order valence-corrected chi connectivity index (χ1v) is 13.0. The molecule has 2 atom stereocenters. The number of likely N-dealkylation sites (tertiary alicyclic amines) is 1. The van der Waals surface area contributed by atoms with Gasteiger partial charge in [-0.1, -0.05) is 13.8 Å². The lowest BCUT2D eigenvalue weighted by Crippen LogP contribution is -2.40. The summed E-state index contributed by atoms with van der Waals surface area (Å²) in [6, 6.07) is 2.50. The highest BCUT2D eigenvalue weighted by Gasteiger charge is 2.48. The van der Waals surface area contributed by atoms with Crippen LogP contribution < -0.4 is 0 Å². The lowest BCUT2D eigenvalue weighted by atomic mass is 9.73. The van der Waals surface area contributed by atoms with E-state index >= 15 is 0 Å². The Kier molecular flexibility index (Phi) is 4.38. The van der Waals surface area contributed by atoms with Gasteiger partial charge >= 0.3 is 0 Å². The molecule has 5 nitrogen and oxygen atoms in total. The molecule has 2 aromatic heterocycles. The Labute approximate surface area is 171 Å². The SMILES string of the molecule is Cc1nc(CN2CC3CC2CS3(=O)=O)c2cc(C3CCC(C)(C)CC3)sc2n1. The van der Waals surface area contributed by atoms with E-state index in [2.05, 4.69) is 24.8 Å². The van der Waals surface area contributed by atoms with Crippen LogP contribution in [0, 0.1) is 12.3 Å². The van der Waals surface area contributed by atoms with Crippen LogP contribution in [-0.2, 0) is 16.4 Å². The summed E-state index contributed by atoms with van der Waals surface area (Å²) in [5.74, 6) is 1.78. The van der Waals surface area contributed by atoms with Crippen molar-refractivity contribution in [1.29, 1.82) is 0 Å². The monoisotopic (exact) mass is 419 g/mol. The Morgan fingerprint density at radius 1 is 1.25 bits per heavy atom. The van der Waals surface area contributed by atoms with E-state index in [4.69, 9.17) is 9.97 Å². The second-order valence-corrected chi connectivity index (χ2v) is 13.2. The van der Waals surface area contributed by atoms with Crippen molar-refractivity contribution in [1.82, 2.24) is 14.9 Å². The van der Waals surface area contributed by atoms with Crippen LogP contribution in [0.1, 0.15) is 68.3 Å². The van der Waals surface area contributed by atoms with Gasteiger partial charge in [0.1, 0.15) is 10.7 Å². The smallest absolute Gasteiger partial charge is 0.156 e. The largest absolute Gasteiger partial charge is 0.292 e. The highest BCUT2D eigenvalue weighted by atomic mass is 32.2. The second-order valence-electron chi connectivity index (χ2n) is 9.79. The lowest BCUT2D eigenvalue weighted by Gasteiger charge is -2.33. The Balaban J connectivity index is 1.41. The second kappa shape index (κ2) is 6.47. The summed E-state index contributed by atoms with van der Waals surface area (Å²) in [7, 11) is -2.86. The normalized spacial score (nSPS) is 29.7. The van der Waals surface area contributed by atoms with Gasteiger partial charge in [-0.05, 0) is 56.4 Å². The van der Waals surface area contributed by atoms with Gasteiger partial charge in [0.15, 0.2) is 9.84 Å². The molecule has 3 fully saturated rings. The number of sulfone groups is 1. The highest BCUT2D eigenvalue weighted by molar-refractivity contribution is 7.92. The molecule has 2 saturated heterocycles. The van der Waals surface area contributed by atoms with Gasteiger partial charge in [0, 0.05) is 29.4 Å². The minimum atomic E-state index is -2.86. The quantitative estimate of drug-likeness (QED) is 0.751. The molecule has 2 aliphatic heterocycles.